The van der Waals surface area contributed by atoms with Gasteiger partial charge in [-0.05, 0) is 36.4 Å². The molecule has 0 spiro atoms. The van der Waals surface area contributed by atoms with Crippen molar-refractivity contribution in [3.8, 4) is 39.7 Å². The average molecular weight is 508 g/mol. The minimum Gasteiger partial charge on any atom is -0.508 e. The first-order chi connectivity index (χ1) is 18.4. The molecular weight excluding hydrogens is 485 g/mol. The van der Waals surface area contributed by atoms with E-state index in [9.17, 15) is 14.3 Å². The maximum Gasteiger partial charge on any atom is 0.226 e. The molecular formula is C28H22FN7O2. The number of anilines is 1. The number of aromatic nitrogens is 6. The first-order valence-electron chi connectivity index (χ1n) is 11.9. The molecule has 9 nitrogen and oxygen atoms in total. The number of nitrogens with zero attached hydrogens (tertiary/aromatic N) is 4. The summed E-state index contributed by atoms with van der Waals surface area (Å²) in [5.74, 6) is -0.962. The van der Waals surface area contributed by atoms with Crippen LogP contribution in [0.2, 0.25) is 0 Å². The van der Waals surface area contributed by atoms with Gasteiger partial charge in [-0.25, -0.2) is 4.39 Å². The number of amides is 1. The van der Waals surface area contributed by atoms with E-state index >= 15 is 0 Å². The highest BCUT2D eigenvalue weighted by Gasteiger charge is 2.16. The number of halogens is 1. The van der Waals surface area contributed by atoms with Crippen molar-refractivity contribution < 1.29 is 14.3 Å². The van der Waals surface area contributed by atoms with Gasteiger partial charge in [0.05, 0.1) is 40.7 Å². The van der Waals surface area contributed by atoms with Gasteiger partial charge in [0.1, 0.15) is 17.3 Å². The molecule has 0 fully saturated rings. The van der Waals surface area contributed by atoms with Crippen molar-refractivity contribution in [1.29, 1.82) is 0 Å². The molecule has 188 valence electrons. The number of pyridine rings is 3. The Morgan fingerprint density at radius 1 is 0.947 bits per heavy atom. The van der Waals surface area contributed by atoms with Crippen molar-refractivity contribution in [2.24, 2.45) is 5.92 Å². The molecule has 38 heavy (non-hydrogen) atoms. The Morgan fingerprint density at radius 2 is 1.79 bits per heavy atom. The fourth-order valence-corrected chi connectivity index (χ4v) is 4.34. The lowest BCUT2D eigenvalue weighted by Crippen LogP contribution is -2.17. The monoisotopic (exact) mass is 507 g/mol. The number of hydrogen-bond acceptors (Lipinski definition) is 6. The molecule has 1 amide bonds. The number of fused-ring (bicyclic) bond motifs is 2. The second-order valence-electron chi connectivity index (χ2n) is 9.30. The molecule has 0 aliphatic heterocycles. The van der Waals surface area contributed by atoms with Crippen LogP contribution in [0.15, 0.2) is 67.3 Å². The highest BCUT2D eigenvalue weighted by molar-refractivity contribution is 6.00. The van der Waals surface area contributed by atoms with Gasteiger partial charge in [0, 0.05) is 51.8 Å². The first-order valence-corrected chi connectivity index (χ1v) is 11.9. The smallest absolute Gasteiger partial charge is 0.226 e. The van der Waals surface area contributed by atoms with E-state index in [0.717, 1.165) is 39.1 Å². The molecule has 0 unspecified atom stereocenters. The highest BCUT2D eigenvalue weighted by atomic mass is 19.1. The molecule has 0 bridgehead atoms. The van der Waals surface area contributed by atoms with Crippen molar-refractivity contribution in [2.75, 3.05) is 5.32 Å². The number of carbonyl (C=O) groups excluding carboxylic acids is 1. The second-order valence-corrected chi connectivity index (χ2v) is 9.30. The average Bonchev–Trinajstić information content (AvgIpc) is 3.51. The highest BCUT2D eigenvalue weighted by Crippen LogP contribution is 2.35. The Kier molecular flexibility index (Phi) is 5.56. The standard InChI is InChI=1S/C28H22FN7O2/c1-14(2)28(38)33-18-6-16(11-30-12-18)23-9-21-25(13-32-23)35-36-27(21)24-10-20-22(34-24)3-4-31-26(20)15-5-17(29)8-19(37)7-15/h3-14,34,37H,1-2H3,(H,33,38)(H,35,36). The lowest BCUT2D eigenvalue weighted by Gasteiger charge is -2.08. The Hall–Kier alpha value is -5.12. The number of aromatic amines is 2. The quantitative estimate of drug-likeness (QED) is 0.238. The predicted octanol–water partition coefficient (Wildman–Crippen LogP) is 5.67. The Bertz CT molecular complexity index is 1820. The van der Waals surface area contributed by atoms with E-state index in [-0.39, 0.29) is 17.6 Å². The van der Waals surface area contributed by atoms with Crippen LogP contribution in [0.25, 0.3) is 55.7 Å². The van der Waals surface area contributed by atoms with Crippen LogP contribution in [0.4, 0.5) is 10.1 Å². The third-order valence-electron chi connectivity index (χ3n) is 6.23. The third-order valence-corrected chi connectivity index (χ3v) is 6.23. The van der Waals surface area contributed by atoms with Crippen molar-refractivity contribution in [3.05, 3.63) is 73.1 Å². The topological polar surface area (TPSA) is 132 Å². The number of benzene rings is 1. The van der Waals surface area contributed by atoms with Crippen molar-refractivity contribution in [1.82, 2.24) is 30.1 Å². The summed E-state index contributed by atoms with van der Waals surface area (Å²) in [4.78, 5) is 28.7. The van der Waals surface area contributed by atoms with Gasteiger partial charge >= 0.3 is 0 Å². The summed E-state index contributed by atoms with van der Waals surface area (Å²) < 4.78 is 14.0. The van der Waals surface area contributed by atoms with Gasteiger partial charge in [-0.2, -0.15) is 5.10 Å². The lowest BCUT2D eigenvalue weighted by atomic mass is 10.1. The minimum absolute atomic E-state index is 0.0920. The Labute approximate surface area is 215 Å². The van der Waals surface area contributed by atoms with Crippen LogP contribution in [0, 0.1) is 11.7 Å². The zero-order chi connectivity index (χ0) is 26.4. The van der Waals surface area contributed by atoms with Gasteiger partial charge in [-0.1, -0.05) is 13.8 Å². The van der Waals surface area contributed by atoms with E-state index in [0.29, 0.717) is 28.3 Å². The summed E-state index contributed by atoms with van der Waals surface area (Å²) in [6.45, 7) is 3.65. The molecule has 0 radical (unpaired) electrons. The van der Waals surface area contributed by atoms with Crippen LogP contribution in [0.5, 0.6) is 5.75 Å². The fraction of sp³-hybridized carbons (Fsp3) is 0.107. The molecule has 0 aliphatic carbocycles. The molecule has 6 aromatic rings. The number of carbonyl (C=O) groups is 1. The van der Waals surface area contributed by atoms with E-state index in [1.54, 1.807) is 24.8 Å². The SMILES string of the molecule is CC(C)C(=O)Nc1cncc(-c2cc3c(-c4cc5c(-c6cc(O)cc(F)c6)nccc5[nH]4)n[nH]c3cn2)c1. The molecule has 0 saturated heterocycles. The molecule has 5 aromatic heterocycles. The summed E-state index contributed by atoms with van der Waals surface area (Å²) in [5, 5.41) is 21.9. The summed E-state index contributed by atoms with van der Waals surface area (Å²) in [6, 6.07) is 11.3. The van der Waals surface area contributed by atoms with Gasteiger partial charge in [0.15, 0.2) is 0 Å². The van der Waals surface area contributed by atoms with E-state index in [1.165, 1.54) is 12.1 Å². The summed E-state index contributed by atoms with van der Waals surface area (Å²) in [5.41, 5.74) is 5.94. The molecule has 0 atom stereocenters. The fourth-order valence-electron chi connectivity index (χ4n) is 4.34. The number of aromatic hydroxyl groups is 1. The van der Waals surface area contributed by atoms with Gasteiger partial charge in [0.2, 0.25) is 5.91 Å². The molecule has 5 heterocycles. The lowest BCUT2D eigenvalue weighted by molar-refractivity contribution is -0.118. The molecule has 10 heteroatoms. The Balaban J connectivity index is 1.42. The van der Waals surface area contributed by atoms with E-state index in [2.05, 4.69) is 35.5 Å². The molecule has 1 aromatic carbocycles. The van der Waals surface area contributed by atoms with Gasteiger partial charge in [-0.3, -0.25) is 24.8 Å². The molecule has 4 N–H and O–H groups in total. The van der Waals surface area contributed by atoms with Crippen LogP contribution >= 0.6 is 0 Å². The molecule has 0 aliphatic rings. The zero-order valence-corrected chi connectivity index (χ0v) is 20.5. The first kappa shape index (κ1) is 23.3. The maximum atomic E-state index is 14.0. The van der Waals surface area contributed by atoms with Crippen LogP contribution in [-0.4, -0.2) is 41.1 Å². The largest absolute Gasteiger partial charge is 0.508 e. The number of phenolic OH excluding ortho intramolecular Hbond substituents is 1. The summed E-state index contributed by atoms with van der Waals surface area (Å²) >= 11 is 0. The van der Waals surface area contributed by atoms with E-state index in [4.69, 9.17) is 0 Å². The summed E-state index contributed by atoms with van der Waals surface area (Å²) in [6.07, 6.45) is 6.61. The summed E-state index contributed by atoms with van der Waals surface area (Å²) in [7, 11) is 0. The number of hydrogen-bond donors (Lipinski definition) is 4. The van der Waals surface area contributed by atoms with Gasteiger partial charge < -0.3 is 15.4 Å². The molecule has 6 rings (SSSR count). The van der Waals surface area contributed by atoms with Crippen LogP contribution < -0.4 is 5.32 Å². The predicted molar refractivity (Wildman–Crippen MR) is 143 cm³/mol. The van der Waals surface area contributed by atoms with Gasteiger partial charge in [-0.15, -0.1) is 0 Å². The number of rotatable bonds is 5. The number of phenols is 1. The second kappa shape index (κ2) is 9.07. The van der Waals surface area contributed by atoms with Crippen molar-refractivity contribution in [3.63, 3.8) is 0 Å². The van der Waals surface area contributed by atoms with Gasteiger partial charge in [0.25, 0.3) is 0 Å². The van der Waals surface area contributed by atoms with E-state index < -0.39 is 5.82 Å². The van der Waals surface area contributed by atoms with Crippen LogP contribution in [0.1, 0.15) is 13.8 Å². The normalized spacial score (nSPS) is 11.5. The van der Waals surface area contributed by atoms with Crippen LogP contribution in [-0.2, 0) is 4.79 Å². The Morgan fingerprint density at radius 3 is 2.61 bits per heavy atom. The van der Waals surface area contributed by atoms with Crippen LogP contribution in [0.3, 0.4) is 0 Å². The molecule has 0 saturated carbocycles. The van der Waals surface area contributed by atoms with E-state index in [1.807, 2.05) is 38.1 Å². The van der Waals surface area contributed by atoms with Crippen molar-refractivity contribution >= 4 is 33.4 Å². The van der Waals surface area contributed by atoms with Crippen molar-refractivity contribution in [2.45, 2.75) is 13.8 Å². The zero-order valence-electron chi connectivity index (χ0n) is 20.5. The number of H-pyrrole nitrogens is 2. The third kappa shape index (κ3) is 4.21. The minimum atomic E-state index is -0.546. The number of nitrogens with one attached hydrogen (secondary N) is 3. The maximum absolute atomic E-state index is 14.0.